The molecule has 0 saturated carbocycles. The number of hydrogen-bond donors (Lipinski definition) is 0. The average molecular weight is 206 g/mol. The van der Waals surface area contributed by atoms with Crippen LogP contribution in [0, 0.1) is 0 Å². The molecule has 0 spiro atoms. The SMILES string of the molecule is COC(=O)[C@H]1COB(c2ccccc2)O1. The molecule has 0 unspecified atom stereocenters. The lowest BCUT2D eigenvalue weighted by Crippen LogP contribution is -2.33. The van der Waals surface area contributed by atoms with E-state index in [4.69, 9.17) is 9.31 Å². The Morgan fingerprint density at radius 3 is 2.87 bits per heavy atom. The van der Waals surface area contributed by atoms with Gasteiger partial charge >= 0.3 is 13.1 Å². The Morgan fingerprint density at radius 1 is 1.47 bits per heavy atom. The maximum Gasteiger partial charge on any atom is 0.494 e. The van der Waals surface area contributed by atoms with E-state index in [-0.39, 0.29) is 6.61 Å². The fourth-order valence-electron chi connectivity index (χ4n) is 1.44. The topological polar surface area (TPSA) is 44.8 Å². The van der Waals surface area contributed by atoms with Crippen LogP contribution >= 0.6 is 0 Å². The Kier molecular flexibility index (Phi) is 3.04. The maximum atomic E-state index is 11.2. The van der Waals surface area contributed by atoms with Gasteiger partial charge in [-0.05, 0) is 5.46 Å². The molecule has 1 atom stereocenters. The Morgan fingerprint density at radius 2 is 2.20 bits per heavy atom. The number of rotatable bonds is 2. The first-order chi connectivity index (χ1) is 7.31. The molecule has 0 aromatic heterocycles. The minimum atomic E-state index is -0.611. The summed E-state index contributed by atoms with van der Waals surface area (Å²) in [5, 5.41) is 0. The van der Waals surface area contributed by atoms with E-state index in [0.717, 1.165) is 5.46 Å². The smallest absolute Gasteiger partial charge is 0.467 e. The van der Waals surface area contributed by atoms with Crippen molar-refractivity contribution in [2.75, 3.05) is 13.7 Å². The van der Waals surface area contributed by atoms with E-state index in [1.165, 1.54) is 7.11 Å². The van der Waals surface area contributed by atoms with Gasteiger partial charge in [0.1, 0.15) is 0 Å². The third kappa shape index (κ3) is 2.19. The molecule has 0 radical (unpaired) electrons. The molecule has 0 aliphatic carbocycles. The summed E-state index contributed by atoms with van der Waals surface area (Å²) in [6.45, 7) is 0.242. The van der Waals surface area contributed by atoms with Crippen molar-refractivity contribution in [2.24, 2.45) is 0 Å². The summed E-state index contributed by atoms with van der Waals surface area (Å²) in [4.78, 5) is 11.2. The van der Waals surface area contributed by atoms with Gasteiger partial charge in [-0.15, -0.1) is 0 Å². The summed E-state index contributed by atoms with van der Waals surface area (Å²) in [5.41, 5.74) is 0.906. The summed E-state index contributed by atoms with van der Waals surface area (Å²) in [6, 6.07) is 9.49. The fourth-order valence-corrected chi connectivity index (χ4v) is 1.44. The molecule has 1 saturated heterocycles. The summed E-state index contributed by atoms with van der Waals surface area (Å²) in [5.74, 6) is -0.395. The van der Waals surface area contributed by atoms with E-state index in [1.54, 1.807) is 0 Å². The normalized spacial score (nSPS) is 20.3. The number of methoxy groups -OCH3 is 1. The largest absolute Gasteiger partial charge is 0.494 e. The van der Waals surface area contributed by atoms with Crippen LogP contribution in [0.25, 0.3) is 0 Å². The zero-order valence-electron chi connectivity index (χ0n) is 8.38. The molecule has 1 heterocycles. The quantitative estimate of drug-likeness (QED) is 0.503. The van der Waals surface area contributed by atoms with Crippen molar-refractivity contribution >= 4 is 18.6 Å². The van der Waals surface area contributed by atoms with E-state index in [9.17, 15) is 4.79 Å². The van der Waals surface area contributed by atoms with Crippen LogP contribution in [0.3, 0.4) is 0 Å². The van der Waals surface area contributed by atoms with Crippen LogP contribution in [0.2, 0.25) is 0 Å². The van der Waals surface area contributed by atoms with E-state index < -0.39 is 19.2 Å². The minimum absolute atomic E-state index is 0.242. The first-order valence-electron chi connectivity index (χ1n) is 4.71. The van der Waals surface area contributed by atoms with Crippen molar-refractivity contribution in [1.82, 2.24) is 0 Å². The van der Waals surface area contributed by atoms with Gasteiger partial charge in [-0.2, -0.15) is 0 Å². The summed E-state index contributed by atoms with van der Waals surface area (Å²) in [6.07, 6.45) is -0.611. The van der Waals surface area contributed by atoms with Crippen LogP contribution in [0.1, 0.15) is 0 Å². The Labute approximate surface area is 88.3 Å². The summed E-state index contributed by atoms with van der Waals surface area (Å²) < 4.78 is 15.3. The third-order valence-corrected chi connectivity index (χ3v) is 2.22. The van der Waals surface area contributed by atoms with Crippen LogP contribution in [0.4, 0.5) is 0 Å². The van der Waals surface area contributed by atoms with Crippen LogP contribution in [-0.4, -0.2) is 32.9 Å². The van der Waals surface area contributed by atoms with E-state index >= 15 is 0 Å². The molecular weight excluding hydrogens is 195 g/mol. The molecular formula is C10H11BO4. The van der Waals surface area contributed by atoms with Crippen molar-refractivity contribution < 1.29 is 18.8 Å². The molecule has 0 N–H and O–H groups in total. The molecule has 0 bridgehead atoms. The van der Waals surface area contributed by atoms with Gasteiger partial charge in [-0.25, -0.2) is 4.79 Å². The zero-order chi connectivity index (χ0) is 10.7. The number of esters is 1. The molecule has 1 aromatic carbocycles. The first-order valence-corrected chi connectivity index (χ1v) is 4.71. The van der Waals surface area contributed by atoms with Crippen molar-refractivity contribution in [3.05, 3.63) is 30.3 Å². The lowest BCUT2D eigenvalue weighted by molar-refractivity contribution is -0.148. The highest BCUT2D eigenvalue weighted by Crippen LogP contribution is 2.09. The van der Waals surface area contributed by atoms with Gasteiger partial charge in [0.2, 0.25) is 0 Å². The second-order valence-electron chi connectivity index (χ2n) is 3.22. The van der Waals surface area contributed by atoms with Gasteiger partial charge in [0.15, 0.2) is 6.10 Å². The highest BCUT2D eigenvalue weighted by Gasteiger charge is 2.37. The third-order valence-electron chi connectivity index (χ3n) is 2.22. The molecule has 1 fully saturated rings. The second-order valence-corrected chi connectivity index (χ2v) is 3.22. The molecule has 4 nitrogen and oxygen atoms in total. The number of ether oxygens (including phenoxy) is 1. The van der Waals surface area contributed by atoms with E-state index in [2.05, 4.69) is 4.74 Å². The number of hydrogen-bond acceptors (Lipinski definition) is 4. The predicted octanol–water partition coefficient (Wildman–Crippen LogP) is -0.0298. The monoisotopic (exact) mass is 206 g/mol. The predicted molar refractivity (Wildman–Crippen MR) is 54.7 cm³/mol. The number of carbonyl (C=O) groups excluding carboxylic acids is 1. The van der Waals surface area contributed by atoms with Gasteiger partial charge < -0.3 is 14.0 Å². The first kappa shape index (κ1) is 10.2. The summed E-state index contributed by atoms with van der Waals surface area (Å²) in [7, 11) is 0.872. The van der Waals surface area contributed by atoms with Crippen molar-refractivity contribution in [2.45, 2.75) is 6.10 Å². The second kappa shape index (κ2) is 4.46. The molecule has 2 rings (SSSR count). The zero-order valence-corrected chi connectivity index (χ0v) is 8.38. The molecule has 5 heteroatoms. The van der Waals surface area contributed by atoms with Crippen LogP contribution in [-0.2, 0) is 18.8 Å². The highest BCUT2D eigenvalue weighted by atomic mass is 16.7. The van der Waals surface area contributed by atoms with Gasteiger partial charge in [0, 0.05) is 0 Å². The standard InChI is InChI=1S/C10H11BO4/c1-13-10(12)9-7-14-11(15-9)8-5-3-2-4-6-8/h2-6,9H,7H2,1H3/t9-/m1/s1. The van der Waals surface area contributed by atoms with Gasteiger partial charge in [0.05, 0.1) is 13.7 Å². The molecule has 1 aromatic rings. The van der Waals surface area contributed by atoms with Crippen molar-refractivity contribution in [3.8, 4) is 0 Å². The fraction of sp³-hybridized carbons (Fsp3) is 0.300. The molecule has 1 aliphatic rings. The maximum absolute atomic E-state index is 11.2. The van der Waals surface area contributed by atoms with E-state index in [0.29, 0.717) is 0 Å². The molecule has 1 aliphatic heterocycles. The minimum Gasteiger partial charge on any atom is -0.467 e. The van der Waals surface area contributed by atoms with Crippen LogP contribution in [0.5, 0.6) is 0 Å². The molecule has 78 valence electrons. The lowest BCUT2D eigenvalue weighted by atomic mass is 9.79. The average Bonchev–Trinajstić information content (AvgIpc) is 2.78. The highest BCUT2D eigenvalue weighted by molar-refractivity contribution is 6.62. The van der Waals surface area contributed by atoms with Crippen LogP contribution < -0.4 is 5.46 Å². The van der Waals surface area contributed by atoms with Crippen molar-refractivity contribution in [3.63, 3.8) is 0 Å². The Bertz CT molecular complexity index is 341. The van der Waals surface area contributed by atoms with Gasteiger partial charge in [-0.3, -0.25) is 0 Å². The Balaban J connectivity index is 2.02. The number of carbonyl (C=O) groups is 1. The number of benzene rings is 1. The summed E-state index contributed by atoms with van der Waals surface area (Å²) >= 11 is 0. The molecule has 15 heavy (non-hydrogen) atoms. The molecule has 0 amide bonds. The lowest BCUT2D eigenvalue weighted by Gasteiger charge is -2.06. The van der Waals surface area contributed by atoms with E-state index in [1.807, 2.05) is 30.3 Å². The van der Waals surface area contributed by atoms with Crippen LogP contribution in [0.15, 0.2) is 30.3 Å². The van der Waals surface area contributed by atoms with Gasteiger partial charge in [-0.1, -0.05) is 30.3 Å². The van der Waals surface area contributed by atoms with Crippen molar-refractivity contribution in [1.29, 1.82) is 0 Å². The Hall–Kier alpha value is -1.33. The van der Waals surface area contributed by atoms with Gasteiger partial charge in [0.25, 0.3) is 0 Å².